The number of amides is 1. The maximum absolute atomic E-state index is 13.2. The normalized spacial score (nSPS) is 18.9. The molecular weight excluding hydrogens is 426 g/mol. The van der Waals surface area contributed by atoms with Crippen LogP contribution >= 0.6 is 0 Å². The summed E-state index contributed by atoms with van der Waals surface area (Å²) in [7, 11) is -2.14. The van der Waals surface area contributed by atoms with Crippen molar-refractivity contribution in [3.05, 3.63) is 90.3 Å². The van der Waals surface area contributed by atoms with Gasteiger partial charge in [-0.2, -0.15) is 4.31 Å². The molecule has 7 nitrogen and oxygen atoms in total. The number of nitrogens with zero attached hydrogens (tertiary/aromatic N) is 2. The van der Waals surface area contributed by atoms with Crippen molar-refractivity contribution in [3.8, 4) is 5.75 Å². The molecule has 0 bridgehead atoms. The molecule has 1 aliphatic rings. The summed E-state index contributed by atoms with van der Waals surface area (Å²) in [5, 5.41) is 2.93. The third-order valence-electron chi connectivity index (χ3n) is 5.70. The van der Waals surface area contributed by atoms with E-state index in [-0.39, 0.29) is 36.4 Å². The summed E-state index contributed by atoms with van der Waals surface area (Å²) in [6.07, 6.45) is 1.67. The third kappa shape index (κ3) is 4.66. The Morgan fingerprint density at radius 3 is 2.56 bits per heavy atom. The molecule has 0 spiro atoms. The van der Waals surface area contributed by atoms with Gasteiger partial charge in [0, 0.05) is 25.2 Å². The van der Waals surface area contributed by atoms with Gasteiger partial charge in [-0.3, -0.25) is 9.78 Å². The first kappa shape index (κ1) is 22.0. The van der Waals surface area contributed by atoms with Crippen molar-refractivity contribution in [1.29, 1.82) is 0 Å². The zero-order valence-electron chi connectivity index (χ0n) is 17.7. The standard InChI is InChI=1S/C24H25N3O4S/c1-31-20-10-7-8-18(14-20)22-16-27(32(29,30)21-11-3-2-4-12-21)17-23(22)24(28)26-15-19-9-5-6-13-25-19/h2-14,22-23H,15-17H2,1H3,(H,26,28). The van der Waals surface area contributed by atoms with Crippen molar-refractivity contribution in [1.82, 2.24) is 14.6 Å². The summed E-state index contributed by atoms with van der Waals surface area (Å²) in [5.41, 5.74) is 1.61. The van der Waals surface area contributed by atoms with E-state index in [9.17, 15) is 13.2 Å². The van der Waals surface area contributed by atoms with E-state index in [4.69, 9.17) is 4.74 Å². The molecule has 0 saturated carbocycles. The molecule has 1 N–H and O–H groups in total. The van der Waals surface area contributed by atoms with Crippen molar-refractivity contribution in [2.75, 3.05) is 20.2 Å². The SMILES string of the molecule is COc1cccc(C2CN(S(=O)(=O)c3ccccc3)CC2C(=O)NCc2ccccn2)c1. The lowest BCUT2D eigenvalue weighted by molar-refractivity contribution is -0.125. The van der Waals surface area contributed by atoms with Gasteiger partial charge in [0.1, 0.15) is 5.75 Å². The number of benzene rings is 2. The predicted octanol–water partition coefficient (Wildman–Crippen LogP) is 2.81. The Balaban J connectivity index is 1.61. The van der Waals surface area contributed by atoms with Gasteiger partial charge >= 0.3 is 0 Å². The second kappa shape index (κ2) is 9.50. The third-order valence-corrected chi connectivity index (χ3v) is 7.54. The minimum atomic E-state index is -3.72. The number of rotatable bonds is 7. The summed E-state index contributed by atoms with van der Waals surface area (Å²) in [5.74, 6) is -0.370. The van der Waals surface area contributed by atoms with E-state index < -0.39 is 15.9 Å². The average Bonchev–Trinajstić information content (AvgIpc) is 3.30. The van der Waals surface area contributed by atoms with Gasteiger partial charge in [0.05, 0.1) is 30.2 Å². The van der Waals surface area contributed by atoms with Gasteiger partial charge in [-0.15, -0.1) is 0 Å². The maximum atomic E-state index is 13.2. The maximum Gasteiger partial charge on any atom is 0.243 e. The fraction of sp³-hybridized carbons (Fsp3) is 0.250. The van der Waals surface area contributed by atoms with Gasteiger partial charge in [-0.05, 0) is 42.0 Å². The first-order valence-corrected chi connectivity index (χ1v) is 11.8. The predicted molar refractivity (Wildman–Crippen MR) is 121 cm³/mol. The number of hydrogen-bond donors (Lipinski definition) is 1. The lowest BCUT2D eigenvalue weighted by Gasteiger charge is -2.19. The first-order chi connectivity index (χ1) is 15.5. The van der Waals surface area contributed by atoms with Crippen LogP contribution in [0, 0.1) is 5.92 Å². The number of methoxy groups -OCH3 is 1. The molecule has 4 rings (SSSR count). The number of carbonyl (C=O) groups excluding carboxylic acids is 1. The van der Waals surface area contributed by atoms with Gasteiger partial charge in [-0.1, -0.05) is 36.4 Å². The van der Waals surface area contributed by atoms with Crippen LogP contribution in [0.15, 0.2) is 83.9 Å². The van der Waals surface area contributed by atoms with Crippen molar-refractivity contribution in [3.63, 3.8) is 0 Å². The molecule has 3 aromatic rings. The Morgan fingerprint density at radius 2 is 1.84 bits per heavy atom. The van der Waals surface area contributed by atoms with Crippen LogP contribution in [-0.4, -0.2) is 43.8 Å². The molecule has 1 saturated heterocycles. The summed E-state index contributed by atoms with van der Waals surface area (Å²) in [6, 6.07) is 21.3. The minimum absolute atomic E-state index is 0.104. The molecular formula is C24H25N3O4S. The van der Waals surface area contributed by atoms with Crippen molar-refractivity contribution >= 4 is 15.9 Å². The van der Waals surface area contributed by atoms with Gasteiger partial charge in [0.2, 0.25) is 15.9 Å². The first-order valence-electron chi connectivity index (χ1n) is 10.4. The van der Waals surface area contributed by atoms with Crippen molar-refractivity contribution in [2.45, 2.75) is 17.4 Å². The van der Waals surface area contributed by atoms with E-state index in [0.717, 1.165) is 11.3 Å². The van der Waals surface area contributed by atoms with E-state index in [1.165, 1.54) is 4.31 Å². The molecule has 1 fully saturated rings. The van der Waals surface area contributed by atoms with E-state index in [1.54, 1.807) is 43.6 Å². The van der Waals surface area contributed by atoms with Crippen LogP contribution in [-0.2, 0) is 21.4 Å². The van der Waals surface area contributed by atoms with Gasteiger partial charge in [0.25, 0.3) is 0 Å². The van der Waals surface area contributed by atoms with Crippen molar-refractivity contribution in [2.24, 2.45) is 5.92 Å². The topological polar surface area (TPSA) is 88.6 Å². The number of sulfonamides is 1. The highest BCUT2D eigenvalue weighted by molar-refractivity contribution is 7.89. The van der Waals surface area contributed by atoms with Crippen LogP contribution in [0.4, 0.5) is 0 Å². The summed E-state index contributed by atoms with van der Waals surface area (Å²) < 4.78 is 33.2. The zero-order valence-corrected chi connectivity index (χ0v) is 18.5. The average molecular weight is 452 g/mol. The van der Waals surface area contributed by atoms with Crippen molar-refractivity contribution < 1.29 is 17.9 Å². The highest BCUT2D eigenvalue weighted by atomic mass is 32.2. The minimum Gasteiger partial charge on any atom is -0.497 e. The molecule has 1 amide bonds. The Morgan fingerprint density at radius 1 is 1.06 bits per heavy atom. The molecule has 1 aromatic heterocycles. The van der Waals surface area contributed by atoms with E-state index in [0.29, 0.717) is 5.75 Å². The van der Waals surface area contributed by atoms with Gasteiger partial charge in [0.15, 0.2) is 0 Å². The van der Waals surface area contributed by atoms with E-state index in [1.807, 2.05) is 42.5 Å². The van der Waals surface area contributed by atoms with Gasteiger partial charge < -0.3 is 10.1 Å². The molecule has 1 aliphatic heterocycles. The van der Waals surface area contributed by atoms with Crippen LogP contribution in [0.5, 0.6) is 5.75 Å². The smallest absolute Gasteiger partial charge is 0.243 e. The number of ether oxygens (including phenoxy) is 1. The lowest BCUT2D eigenvalue weighted by Crippen LogP contribution is -2.35. The number of aromatic nitrogens is 1. The molecule has 8 heteroatoms. The van der Waals surface area contributed by atoms with Crippen LogP contribution in [0.25, 0.3) is 0 Å². The molecule has 2 atom stereocenters. The summed E-state index contributed by atoms with van der Waals surface area (Å²) in [6.45, 7) is 0.603. The molecule has 2 unspecified atom stereocenters. The fourth-order valence-electron chi connectivity index (χ4n) is 3.99. The number of carbonyl (C=O) groups is 1. The Bertz CT molecular complexity index is 1170. The highest BCUT2D eigenvalue weighted by Gasteiger charge is 2.43. The molecule has 0 aliphatic carbocycles. The van der Waals surface area contributed by atoms with Gasteiger partial charge in [-0.25, -0.2) is 8.42 Å². The largest absolute Gasteiger partial charge is 0.497 e. The fourth-order valence-corrected chi connectivity index (χ4v) is 5.51. The highest BCUT2D eigenvalue weighted by Crippen LogP contribution is 2.37. The molecule has 2 heterocycles. The number of hydrogen-bond acceptors (Lipinski definition) is 5. The van der Waals surface area contributed by atoms with Crippen LogP contribution in [0.1, 0.15) is 17.2 Å². The van der Waals surface area contributed by atoms with E-state index >= 15 is 0 Å². The second-order valence-corrected chi connectivity index (χ2v) is 9.60. The van der Waals surface area contributed by atoms with E-state index in [2.05, 4.69) is 10.3 Å². The monoisotopic (exact) mass is 451 g/mol. The molecule has 166 valence electrons. The van der Waals surface area contributed by atoms with Crippen LogP contribution in [0.2, 0.25) is 0 Å². The number of nitrogens with one attached hydrogen (secondary N) is 1. The summed E-state index contributed by atoms with van der Waals surface area (Å²) >= 11 is 0. The Labute approximate surface area is 188 Å². The molecule has 32 heavy (non-hydrogen) atoms. The molecule has 0 radical (unpaired) electrons. The van der Waals surface area contributed by atoms with Crippen LogP contribution in [0.3, 0.4) is 0 Å². The zero-order chi connectivity index (χ0) is 22.6. The second-order valence-electron chi connectivity index (χ2n) is 7.66. The Hall–Kier alpha value is -3.23. The molecule has 2 aromatic carbocycles. The van der Waals surface area contributed by atoms with Crippen LogP contribution < -0.4 is 10.1 Å². The summed E-state index contributed by atoms with van der Waals surface area (Å²) in [4.78, 5) is 17.6. The lowest BCUT2D eigenvalue weighted by atomic mass is 9.88. The number of pyridine rings is 1. The Kier molecular flexibility index (Phi) is 6.53. The quantitative estimate of drug-likeness (QED) is 0.597.